The first-order valence-electron chi connectivity index (χ1n) is 7.48. The largest absolute Gasteiger partial charge is 0.497 e. The lowest BCUT2D eigenvalue weighted by molar-refractivity contribution is 0.415. The molecule has 0 fully saturated rings. The SMILES string of the molecule is COc1ccc(NC(c2ccccc2)c2ccccc2I)cc1. The minimum atomic E-state index is 0.109. The van der Waals surface area contributed by atoms with Crippen LogP contribution in [0.25, 0.3) is 0 Å². The topological polar surface area (TPSA) is 21.3 Å². The molecule has 1 atom stereocenters. The van der Waals surface area contributed by atoms with E-state index in [1.54, 1.807) is 7.11 Å². The van der Waals surface area contributed by atoms with Gasteiger partial charge in [0.2, 0.25) is 0 Å². The third-order valence-electron chi connectivity index (χ3n) is 3.75. The lowest BCUT2D eigenvalue weighted by atomic mass is 9.98. The second-order valence-electron chi connectivity index (χ2n) is 5.24. The number of ether oxygens (including phenoxy) is 1. The summed E-state index contributed by atoms with van der Waals surface area (Å²) in [5, 5.41) is 3.64. The number of methoxy groups -OCH3 is 1. The first-order valence-corrected chi connectivity index (χ1v) is 8.56. The molecule has 2 nitrogen and oxygen atoms in total. The van der Waals surface area contributed by atoms with E-state index >= 15 is 0 Å². The summed E-state index contributed by atoms with van der Waals surface area (Å²) in [5.74, 6) is 0.862. The van der Waals surface area contributed by atoms with Gasteiger partial charge in [-0.2, -0.15) is 0 Å². The maximum Gasteiger partial charge on any atom is 0.119 e. The van der Waals surface area contributed by atoms with Crippen molar-refractivity contribution in [2.24, 2.45) is 0 Å². The molecule has 0 saturated carbocycles. The van der Waals surface area contributed by atoms with E-state index in [9.17, 15) is 0 Å². The molecule has 116 valence electrons. The van der Waals surface area contributed by atoms with Crippen LogP contribution in [0, 0.1) is 3.57 Å². The molecule has 0 heterocycles. The van der Waals surface area contributed by atoms with Gasteiger partial charge in [0.15, 0.2) is 0 Å². The summed E-state index contributed by atoms with van der Waals surface area (Å²) >= 11 is 2.40. The lowest BCUT2D eigenvalue weighted by Crippen LogP contribution is -2.13. The molecule has 3 rings (SSSR count). The van der Waals surface area contributed by atoms with Gasteiger partial charge in [-0.3, -0.25) is 0 Å². The normalized spacial score (nSPS) is 11.7. The molecule has 3 aromatic rings. The molecule has 0 aliphatic rings. The van der Waals surface area contributed by atoms with Crippen molar-refractivity contribution in [1.29, 1.82) is 0 Å². The van der Waals surface area contributed by atoms with Crippen LogP contribution in [0.2, 0.25) is 0 Å². The van der Waals surface area contributed by atoms with Crippen molar-refractivity contribution in [3.05, 3.63) is 93.6 Å². The molecular formula is C20H18INO. The third-order valence-corrected chi connectivity index (χ3v) is 4.73. The summed E-state index contributed by atoms with van der Waals surface area (Å²) < 4.78 is 6.48. The van der Waals surface area contributed by atoms with Gasteiger partial charge in [0.05, 0.1) is 13.2 Å². The van der Waals surface area contributed by atoms with E-state index in [0.29, 0.717) is 0 Å². The molecule has 0 spiro atoms. The van der Waals surface area contributed by atoms with Crippen LogP contribution in [0.1, 0.15) is 17.2 Å². The number of hydrogen-bond acceptors (Lipinski definition) is 2. The molecule has 0 aliphatic heterocycles. The van der Waals surface area contributed by atoms with Crippen molar-refractivity contribution in [2.45, 2.75) is 6.04 Å². The van der Waals surface area contributed by atoms with Gasteiger partial charge in [-0.15, -0.1) is 0 Å². The molecule has 1 unspecified atom stereocenters. The van der Waals surface area contributed by atoms with Gasteiger partial charge >= 0.3 is 0 Å². The zero-order valence-electron chi connectivity index (χ0n) is 12.9. The summed E-state index contributed by atoms with van der Waals surface area (Å²) in [6.45, 7) is 0. The van der Waals surface area contributed by atoms with Crippen LogP contribution in [-0.2, 0) is 0 Å². The molecule has 3 heteroatoms. The first kappa shape index (κ1) is 15.9. The maximum atomic E-state index is 5.23. The van der Waals surface area contributed by atoms with Gasteiger partial charge in [-0.25, -0.2) is 0 Å². The van der Waals surface area contributed by atoms with Gasteiger partial charge < -0.3 is 10.1 Å². The van der Waals surface area contributed by atoms with Crippen LogP contribution < -0.4 is 10.1 Å². The Kier molecular flexibility index (Phi) is 5.18. The van der Waals surface area contributed by atoms with Crippen molar-refractivity contribution in [2.75, 3.05) is 12.4 Å². The van der Waals surface area contributed by atoms with Gasteiger partial charge in [0, 0.05) is 9.26 Å². The molecule has 23 heavy (non-hydrogen) atoms. The van der Waals surface area contributed by atoms with Crippen LogP contribution in [0.15, 0.2) is 78.9 Å². The van der Waals surface area contributed by atoms with Crippen LogP contribution in [0.5, 0.6) is 5.75 Å². The summed E-state index contributed by atoms with van der Waals surface area (Å²) in [6.07, 6.45) is 0. The molecular weight excluding hydrogens is 397 g/mol. The van der Waals surface area contributed by atoms with Gasteiger partial charge in [-0.05, 0) is 64.0 Å². The zero-order chi connectivity index (χ0) is 16.1. The Morgan fingerprint density at radius 2 is 1.48 bits per heavy atom. The van der Waals surface area contributed by atoms with Crippen molar-refractivity contribution < 1.29 is 4.74 Å². The Morgan fingerprint density at radius 1 is 0.826 bits per heavy atom. The number of nitrogens with one attached hydrogen (secondary N) is 1. The predicted octanol–water partition coefficient (Wildman–Crippen LogP) is 5.50. The molecule has 0 aromatic heterocycles. The minimum Gasteiger partial charge on any atom is -0.497 e. The standard InChI is InChI=1S/C20H18INO/c1-23-17-13-11-16(12-14-17)22-20(15-7-3-2-4-8-15)18-9-5-6-10-19(18)21/h2-14,20,22H,1H3. The average molecular weight is 415 g/mol. The van der Waals surface area contributed by atoms with Crippen LogP contribution in [-0.4, -0.2) is 7.11 Å². The van der Waals surface area contributed by atoms with Gasteiger partial charge in [-0.1, -0.05) is 48.5 Å². The Morgan fingerprint density at radius 3 is 2.13 bits per heavy atom. The molecule has 0 amide bonds. The van der Waals surface area contributed by atoms with E-state index in [4.69, 9.17) is 4.74 Å². The molecule has 0 radical (unpaired) electrons. The highest BCUT2D eigenvalue weighted by Crippen LogP contribution is 2.30. The van der Waals surface area contributed by atoms with Crippen LogP contribution >= 0.6 is 22.6 Å². The molecule has 0 aliphatic carbocycles. The number of halogens is 1. The highest BCUT2D eigenvalue weighted by molar-refractivity contribution is 14.1. The van der Waals surface area contributed by atoms with Crippen LogP contribution in [0.4, 0.5) is 5.69 Å². The van der Waals surface area contributed by atoms with Crippen LogP contribution in [0.3, 0.4) is 0 Å². The quantitative estimate of drug-likeness (QED) is 0.556. The Balaban J connectivity index is 1.97. The second kappa shape index (κ2) is 7.51. The van der Waals surface area contributed by atoms with E-state index in [1.165, 1.54) is 14.7 Å². The number of benzene rings is 3. The lowest BCUT2D eigenvalue weighted by Gasteiger charge is -2.22. The second-order valence-corrected chi connectivity index (χ2v) is 6.40. The fraction of sp³-hybridized carbons (Fsp3) is 0.100. The number of rotatable bonds is 5. The summed E-state index contributed by atoms with van der Waals surface area (Å²) in [7, 11) is 1.68. The van der Waals surface area contributed by atoms with E-state index in [0.717, 1.165) is 11.4 Å². The van der Waals surface area contributed by atoms with Crippen molar-refractivity contribution in [3.63, 3.8) is 0 Å². The fourth-order valence-corrected chi connectivity index (χ4v) is 3.25. The monoisotopic (exact) mass is 415 g/mol. The number of anilines is 1. The minimum absolute atomic E-state index is 0.109. The van der Waals surface area contributed by atoms with E-state index in [1.807, 2.05) is 30.3 Å². The maximum absolute atomic E-state index is 5.23. The van der Waals surface area contributed by atoms with Gasteiger partial charge in [0.1, 0.15) is 5.75 Å². The highest BCUT2D eigenvalue weighted by Gasteiger charge is 2.16. The highest BCUT2D eigenvalue weighted by atomic mass is 127. The third kappa shape index (κ3) is 3.85. The first-order chi connectivity index (χ1) is 11.3. The molecule has 0 bridgehead atoms. The van der Waals surface area contributed by atoms with E-state index in [2.05, 4.69) is 76.4 Å². The predicted molar refractivity (Wildman–Crippen MR) is 104 cm³/mol. The van der Waals surface area contributed by atoms with Crippen molar-refractivity contribution in [3.8, 4) is 5.75 Å². The fourth-order valence-electron chi connectivity index (χ4n) is 2.55. The average Bonchev–Trinajstić information content (AvgIpc) is 2.62. The zero-order valence-corrected chi connectivity index (χ0v) is 15.0. The summed E-state index contributed by atoms with van der Waals surface area (Å²) in [4.78, 5) is 0. The van der Waals surface area contributed by atoms with E-state index in [-0.39, 0.29) is 6.04 Å². The molecule has 0 saturated heterocycles. The van der Waals surface area contributed by atoms with Crippen molar-refractivity contribution >= 4 is 28.3 Å². The molecule has 3 aromatic carbocycles. The summed E-state index contributed by atoms with van der Waals surface area (Å²) in [5.41, 5.74) is 3.59. The van der Waals surface area contributed by atoms with Gasteiger partial charge in [0.25, 0.3) is 0 Å². The number of hydrogen-bond donors (Lipinski definition) is 1. The Bertz CT molecular complexity index is 756. The summed E-state index contributed by atoms with van der Waals surface area (Å²) in [6, 6.07) is 27.1. The Labute approximate surface area is 150 Å². The van der Waals surface area contributed by atoms with E-state index < -0.39 is 0 Å². The molecule has 1 N–H and O–H groups in total. The smallest absolute Gasteiger partial charge is 0.119 e. The van der Waals surface area contributed by atoms with Crippen molar-refractivity contribution in [1.82, 2.24) is 0 Å². The Hall–Kier alpha value is -2.01.